The topological polar surface area (TPSA) is 61.2 Å². The number of rotatable bonds is 4. The third-order valence-electron chi connectivity index (χ3n) is 3.03. The molecule has 0 N–H and O–H groups in total. The SMILES string of the molecule is Cc1c(C(=O)OCC(=O)c2ccc(Cl)c(Cl)c2)cnn1C. The number of aromatic nitrogens is 2. The quantitative estimate of drug-likeness (QED) is 0.640. The second-order valence-corrected chi connectivity index (χ2v) is 5.21. The fraction of sp³-hybridized carbons (Fsp3) is 0.214. The summed E-state index contributed by atoms with van der Waals surface area (Å²) in [6, 6.07) is 4.49. The van der Waals surface area contributed by atoms with Crippen LogP contribution < -0.4 is 0 Å². The van der Waals surface area contributed by atoms with Crippen LogP contribution >= 0.6 is 23.2 Å². The molecule has 1 aromatic heterocycles. The number of esters is 1. The minimum absolute atomic E-state index is 0.275. The van der Waals surface area contributed by atoms with E-state index >= 15 is 0 Å². The molecule has 0 unspecified atom stereocenters. The van der Waals surface area contributed by atoms with Gasteiger partial charge in [0.25, 0.3) is 0 Å². The Balaban J connectivity index is 2.02. The zero-order chi connectivity index (χ0) is 15.6. The molecule has 0 amide bonds. The smallest absolute Gasteiger partial charge is 0.342 e. The van der Waals surface area contributed by atoms with E-state index in [1.165, 1.54) is 24.4 Å². The molecule has 21 heavy (non-hydrogen) atoms. The molecule has 0 fully saturated rings. The lowest BCUT2D eigenvalue weighted by Crippen LogP contribution is -2.14. The Labute approximate surface area is 131 Å². The first kappa shape index (κ1) is 15.5. The van der Waals surface area contributed by atoms with Gasteiger partial charge in [-0.15, -0.1) is 0 Å². The molecule has 0 aliphatic carbocycles. The summed E-state index contributed by atoms with van der Waals surface area (Å²) in [6.45, 7) is 1.37. The van der Waals surface area contributed by atoms with Gasteiger partial charge < -0.3 is 4.74 Å². The molecule has 0 saturated heterocycles. The molecule has 0 atom stereocenters. The van der Waals surface area contributed by atoms with E-state index in [1.54, 1.807) is 18.7 Å². The number of benzene rings is 1. The highest BCUT2D eigenvalue weighted by molar-refractivity contribution is 6.42. The average Bonchev–Trinajstić information content (AvgIpc) is 2.79. The second kappa shape index (κ2) is 6.28. The van der Waals surface area contributed by atoms with Crippen LogP contribution in [-0.2, 0) is 11.8 Å². The predicted molar refractivity (Wildman–Crippen MR) is 79.0 cm³/mol. The van der Waals surface area contributed by atoms with E-state index in [2.05, 4.69) is 5.10 Å². The van der Waals surface area contributed by atoms with Gasteiger partial charge in [-0.3, -0.25) is 9.48 Å². The summed E-state index contributed by atoms with van der Waals surface area (Å²) >= 11 is 11.6. The number of hydrogen-bond acceptors (Lipinski definition) is 4. The van der Waals surface area contributed by atoms with Crippen molar-refractivity contribution in [2.45, 2.75) is 6.92 Å². The minimum Gasteiger partial charge on any atom is -0.454 e. The second-order valence-electron chi connectivity index (χ2n) is 4.40. The van der Waals surface area contributed by atoms with Crippen LogP contribution in [0.5, 0.6) is 0 Å². The largest absolute Gasteiger partial charge is 0.454 e. The summed E-state index contributed by atoms with van der Waals surface area (Å²) < 4.78 is 6.54. The molecule has 0 aliphatic heterocycles. The van der Waals surface area contributed by atoms with Crippen LogP contribution in [0.3, 0.4) is 0 Å². The monoisotopic (exact) mass is 326 g/mol. The first-order chi connectivity index (χ1) is 9.90. The minimum atomic E-state index is -0.589. The lowest BCUT2D eigenvalue weighted by Gasteiger charge is -2.05. The molecule has 0 spiro atoms. The fourth-order valence-corrected chi connectivity index (χ4v) is 1.96. The van der Waals surface area contributed by atoms with Gasteiger partial charge in [0, 0.05) is 18.3 Å². The number of carbonyl (C=O) groups is 2. The summed E-state index contributed by atoms with van der Waals surface area (Å²) in [6.07, 6.45) is 1.40. The third kappa shape index (κ3) is 3.43. The molecule has 2 aromatic rings. The first-order valence-electron chi connectivity index (χ1n) is 6.04. The lowest BCUT2D eigenvalue weighted by atomic mass is 10.1. The maximum absolute atomic E-state index is 11.9. The maximum atomic E-state index is 11.9. The van der Waals surface area contributed by atoms with Gasteiger partial charge >= 0.3 is 5.97 Å². The summed E-state index contributed by atoms with van der Waals surface area (Å²) in [4.78, 5) is 23.8. The van der Waals surface area contributed by atoms with Crippen molar-refractivity contribution in [3.05, 3.63) is 51.3 Å². The molecule has 1 heterocycles. The third-order valence-corrected chi connectivity index (χ3v) is 3.77. The number of ketones is 1. The van der Waals surface area contributed by atoms with Crippen molar-refractivity contribution in [1.29, 1.82) is 0 Å². The molecule has 5 nitrogen and oxygen atoms in total. The Morgan fingerprint density at radius 2 is 2.00 bits per heavy atom. The van der Waals surface area contributed by atoms with Crippen LogP contribution in [-0.4, -0.2) is 28.1 Å². The molecule has 1 aromatic carbocycles. The number of hydrogen-bond donors (Lipinski definition) is 0. The summed E-state index contributed by atoms with van der Waals surface area (Å²) in [5, 5.41) is 4.58. The van der Waals surface area contributed by atoms with Crippen molar-refractivity contribution in [1.82, 2.24) is 9.78 Å². The number of Topliss-reactive ketones (excluding diaryl/α,β-unsaturated/α-hetero) is 1. The molecule has 0 bridgehead atoms. The van der Waals surface area contributed by atoms with Gasteiger partial charge in [-0.05, 0) is 25.1 Å². The Bertz CT molecular complexity index is 710. The van der Waals surface area contributed by atoms with Crippen molar-refractivity contribution in [2.75, 3.05) is 6.61 Å². The van der Waals surface area contributed by atoms with Crippen LogP contribution in [0.1, 0.15) is 26.4 Å². The van der Waals surface area contributed by atoms with E-state index in [0.717, 1.165) is 0 Å². The highest BCUT2D eigenvalue weighted by Crippen LogP contribution is 2.22. The molecule has 0 radical (unpaired) electrons. The van der Waals surface area contributed by atoms with E-state index in [9.17, 15) is 9.59 Å². The average molecular weight is 327 g/mol. The summed E-state index contributed by atoms with van der Waals surface area (Å²) in [5.41, 5.74) is 1.33. The van der Waals surface area contributed by atoms with E-state index in [4.69, 9.17) is 27.9 Å². The van der Waals surface area contributed by atoms with Crippen LogP contribution in [0.25, 0.3) is 0 Å². The number of carbonyl (C=O) groups excluding carboxylic acids is 2. The molecule has 2 rings (SSSR count). The van der Waals surface area contributed by atoms with Crippen LogP contribution in [0.2, 0.25) is 10.0 Å². The van der Waals surface area contributed by atoms with E-state index in [0.29, 0.717) is 21.8 Å². The van der Waals surface area contributed by atoms with E-state index in [1.807, 2.05) is 0 Å². The number of halogens is 2. The lowest BCUT2D eigenvalue weighted by molar-refractivity contribution is 0.0474. The van der Waals surface area contributed by atoms with E-state index in [-0.39, 0.29) is 17.4 Å². The predicted octanol–water partition coefficient (Wildman–Crippen LogP) is 3.08. The highest BCUT2D eigenvalue weighted by atomic mass is 35.5. The molecule has 0 saturated carbocycles. The highest BCUT2D eigenvalue weighted by Gasteiger charge is 2.16. The zero-order valence-corrected chi connectivity index (χ0v) is 12.9. The van der Waals surface area contributed by atoms with Gasteiger partial charge in [-0.1, -0.05) is 23.2 Å². The normalized spacial score (nSPS) is 10.5. The molecule has 110 valence electrons. The van der Waals surface area contributed by atoms with E-state index < -0.39 is 5.97 Å². The van der Waals surface area contributed by atoms with Crippen molar-refractivity contribution >= 4 is 35.0 Å². The Hall–Kier alpha value is -1.85. The van der Waals surface area contributed by atoms with Gasteiger partial charge in [0.1, 0.15) is 5.56 Å². The van der Waals surface area contributed by atoms with Crippen LogP contribution in [0, 0.1) is 6.92 Å². The van der Waals surface area contributed by atoms with Gasteiger partial charge in [-0.25, -0.2) is 4.79 Å². The van der Waals surface area contributed by atoms with Crippen LogP contribution in [0.15, 0.2) is 24.4 Å². The van der Waals surface area contributed by atoms with Gasteiger partial charge in [0.15, 0.2) is 12.4 Å². The number of ether oxygens (including phenoxy) is 1. The Morgan fingerprint density at radius 3 is 2.57 bits per heavy atom. The maximum Gasteiger partial charge on any atom is 0.342 e. The van der Waals surface area contributed by atoms with Crippen LogP contribution in [0.4, 0.5) is 0 Å². The molecule has 0 aliphatic rings. The fourth-order valence-electron chi connectivity index (χ4n) is 1.66. The summed E-state index contributed by atoms with van der Waals surface area (Å²) in [5.74, 6) is -0.947. The molecular formula is C14H12Cl2N2O3. The molecular weight excluding hydrogens is 315 g/mol. The van der Waals surface area contributed by atoms with Gasteiger partial charge in [-0.2, -0.15) is 5.10 Å². The van der Waals surface area contributed by atoms with Crippen molar-refractivity contribution < 1.29 is 14.3 Å². The standard InChI is InChI=1S/C14H12Cl2N2O3/c1-8-10(6-17-18(8)2)14(20)21-7-13(19)9-3-4-11(15)12(16)5-9/h3-6H,7H2,1-2H3. The zero-order valence-electron chi connectivity index (χ0n) is 11.4. The van der Waals surface area contributed by atoms with Gasteiger partial charge in [0.05, 0.1) is 16.2 Å². The molecule has 7 heteroatoms. The number of aryl methyl sites for hydroxylation is 1. The number of nitrogens with zero attached hydrogens (tertiary/aromatic N) is 2. The summed E-state index contributed by atoms with van der Waals surface area (Å²) in [7, 11) is 1.72. The van der Waals surface area contributed by atoms with Gasteiger partial charge in [0.2, 0.25) is 0 Å². The van der Waals surface area contributed by atoms with Crippen molar-refractivity contribution in [2.24, 2.45) is 7.05 Å². The Morgan fingerprint density at radius 1 is 1.29 bits per heavy atom. The first-order valence-corrected chi connectivity index (χ1v) is 6.79. The van der Waals surface area contributed by atoms with Crippen molar-refractivity contribution in [3.63, 3.8) is 0 Å². The Kier molecular flexibility index (Phi) is 4.65. The van der Waals surface area contributed by atoms with Crippen molar-refractivity contribution in [3.8, 4) is 0 Å².